The monoisotopic (exact) mass is 242 g/mol. The van der Waals surface area contributed by atoms with Gasteiger partial charge in [0.2, 0.25) is 0 Å². The summed E-state index contributed by atoms with van der Waals surface area (Å²) in [7, 11) is 0. The SMILES string of the molecule is CCCCCCC(C)(CN)N1CCOCC1C. The number of nitrogens with two attached hydrogens (primary N) is 1. The number of rotatable bonds is 7. The molecule has 1 aliphatic rings. The second kappa shape index (κ2) is 7.34. The Hall–Kier alpha value is -0.120. The number of morpholine rings is 1. The maximum atomic E-state index is 6.03. The predicted octanol–water partition coefficient (Wildman–Crippen LogP) is 2.39. The molecule has 0 aromatic carbocycles. The van der Waals surface area contributed by atoms with Crippen molar-refractivity contribution in [1.82, 2.24) is 4.90 Å². The molecule has 0 radical (unpaired) electrons. The molecule has 0 saturated carbocycles. The van der Waals surface area contributed by atoms with Crippen LogP contribution in [0.15, 0.2) is 0 Å². The molecule has 0 aromatic heterocycles. The number of nitrogens with zero attached hydrogens (tertiary/aromatic N) is 1. The van der Waals surface area contributed by atoms with E-state index < -0.39 is 0 Å². The molecule has 0 aliphatic carbocycles. The Morgan fingerprint density at radius 3 is 2.71 bits per heavy atom. The van der Waals surface area contributed by atoms with Gasteiger partial charge < -0.3 is 10.5 Å². The number of ether oxygens (including phenoxy) is 1. The lowest BCUT2D eigenvalue weighted by Gasteiger charge is -2.46. The minimum absolute atomic E-state index is 0.164. The third-order valence-corrected chi connectivity index (χ3v) is 4.07. The van der Waals surface area contributed by atoms with Crippen LogP contribution in [0.2, 0.25) is 0 Å². The zero-order valence-corrected chi connectivity index (χ0v) is 11.9. The van der Waals surface area contributed by atoms with Crippen molar-refractivity contribution >= 4 is 0 Å². The van der Waals surface area contributed by atoms with Crippen LogP contribution in [0.4, 0.5) is 0 Å². The van der Waals surface area contributed by atoms with Gasteiger partial charge in [0.25, 0.3) is 0 Å². The zero-order chi connectivity index (χ0) is 12.7. The van der Waals surface area contributed by atoms with E-state index in [9.17, 15) is 0 Å². The van der Waals surface area contributed by atoms with Gasteiger partial charge in [0, 0.05) is 24.7 Å². The normalized spacial score (nSPS) is 25.8. The van der Waals surface area contributed by atoms with Gasteiger partial charge in [-0.3, -0.25) is 4.90 Å². The van der Waals surface area contributed by atoms with Gasteiger partial charge in [-0.2, -0.15) is 0 Å². The third-order valence-electron chi connectivity index (χ3n) is 4.07. The number of hydrogen-bond acceptors (Lipinski definition) is 3. The van der Waals surface area contributed by atoms with Crippen molar-refractivity contribution in [2.45, 2.75) is 64.5 Å². The predicted molar refractivity (Wildman–Crippen MR) is 73.2 cm³/mol. The second-order valence-corrected chi connectivity index (χ2v) is 5.63. The molecule has 2 unspecified atom stereocenters. The minimum Gasteiger partial charge on any atom is -0.379 e. The van der Waals surface area contributed by atoms with Crippen LogP contribution < -0.4 is 5.73 Å². The van der Waals surface area contributed by atoms with Crippen LogP contribution in [0.3, 0.4) is 0 Å². The Morgan fingerprint density at radius 2 is 2.12 bits per heavy atom. The van der Waals surface area contributed by atoms with E-state index in [0.717, 1.165) is 26.3 Å². The average Bonchev–Trinajstić information content (AvgIpc) is 2.35. The van der Waals surface area contributed by atoms with E-state index in [4.69, 9.17) is 10.5 Å². The molecule has 17 heavy (non-hydrogen) atoms. The molecule has 1 heterocycles. The number of unbranched alkanes of at least 4 members (excludes halogenated alkanes) is 3. The van der Waals surface area contributed by atoms with E-state index in [0.29, 0.717) is 6.04 Å². The van der Waals surface area contributed by atoms with Gasteiger partial charge >= 0.3 is 0 Å². The van der Waals surface area contributed by atoms with Crippen LogP contribution in [0.1, 0.15) is 52.9 Å². The molecule has 102 valence electrons. The number of hydrogen-bond donors (Lipinski definition) is 1. The van der Waals surface area contributed by atoms with E-state index in [-0.39, 0.29) is 5.54 Å². The lowest BCUT2D eigenvalue weighted by Crippen LogP contribution is -2.59. The van der Waals surface area contributed by atoms with E-state index >= 15 is 0 Å². The van der Waals surface area contributed by atoms with Crippen LogP contribution in [0.5, 0.6) is 0 Å². The Bertz CT molecular complexity index is 210. The summed E-state index contributed by atoms with van der Waals surface area (Å²) in [5.41, 5.74) is 6.20. The van der Waals surface area contributed by atoms with Crippen molar-refractivity contribution in [2.24, 2.45) is 5.73 Å². The summed E-state index contributed by atoms with van der Waals surface area (Å²) in [6.45, 7) is 10.3. The summed E-state index contributed by atoms with van der Waals surface area (Å²) in [4.78, 5) is 2.56. The Kier molecular flexibility index (Phi) is 6.45. The summed E-state index contributed by atoms with van der Waals surface area (Å²) >= 11 is 0. The molecule has 3 heteroatoms. The van der Waals surface area contributed by atoms with Gasteiger partial charge in [-0.1, -0.05) is 32.6 Å². The molecule has 0 spiro atoms. The molecule has 0 bridgehead atoms. The summed E-state index contributed by atoms with van der Waals surface area (Å²) in [6.07, 6.45) is 6.50. The van der Waals surface area contributed by atoms with Crippen molar-refractivity contribution in [3.05, 3.63) is 0 Å². The molecule has 1 rings (SSSR count). The summed E-state index contributed by atoms with van der Waals surface area (Å²) in [5, 5.41) is 0. The van der Waals surface area contributed by atoms with Gasteiger partial charge in [0.05, 0.1) is 13.2 Å². The van der Waals surface area contributed by atoms with Crippen molar-refractivity contribution in [2.75, 3.05) is 26.3 Å². The Labute approximate surface area is 107 Å². The smallest absolute Gasteiger partial charge is 0.0620 e. The van der Waals surface area contributed by atoms with Crippen LogP contribution in [-0.2, 0) is 4.74 Å². The van der Waals surface area contributed by atoms with E-state index in [1.54, 1.807) is 0 Å². The molecule has 1 saturated heterocycles. The topological polar surface area (TPSA) is 38.5 Å². The van der Waals surface area contributed by atoms with Crippen LogP contribution in [0.25, 0.3) is 0 Å². The first-order valence-corrected chi connectivity index (χ1v) is 7.18. The molecule has 2 N–H and O–H groups in total. The summed E-state index contributed by atoms with van der Waals surface area (Å²) < 4.78 is 5.51. The second-order valence-electron chi connectivity index (χ2n) is 5.63. The van der Waals surface area contributed by atoms with E-state index in [2.05, 4.69) is 25.7 Å². The summed E-state index contributed by atoms with van der Waals surface area (Å²) in [6, 6.07) is 0.503. The highest BCUT2D eigenvalue weighted by atomic mass is 16.5. The van der Waals surface area contributed by atoms with E-state index in [1.807, 2.05) is 0 Å². The van der Waals surface area contributed by atoms with E-state index in [1.165, 1.54) is 32.1 Å². The lowest BCUT2D eigenvalue weighted by molar-refractivity contribution is -0.0539. The molecule has 0 aromatic rings. The van der Waals surface area contributed by atoms with Crippen molar-refractivity contribution in [1.29, 1.82) is 0 Å². The fourth-order valence-corrected chi connectivity index (χ4v) is 2.82. The van der Waals surface area contributed by atoms with Gasteiger partial charge in [-0.05, 0) is 20.3 Å². The van der Waals surface area contributed by atoms with Gasteiger partial charge in [-0.15, -0.1) is 0 Å². The quantitative estimate of drug-likeness (QED) is 0.697. The highest BCUT2D eigenvalue weighted by Crippen LogP contribution is 2.25. The average molecular weight is 242 g/mol. The molecule has 3 nitrogen and oxygen atoms in total. The third kappa shape index (κ3) is 4.23. The van der Waals surface area contributed by atoms with Gasteiger partial charge in [-0.25, -0.2) is 0 Å². The highest BCUT2D eigenvalue weighted by Gasteiger charge is 2.34. The fraction of sp³-hybridized carbons (Fsp3) is 1.00. The fourth-order valence-electron chi connectivity index (χ4n) is 2.82. The Morgan fingerprint density at radius 1 is 1.35 bits per heavy atom. The van der Waals surface area contributed by atoms with Crippen molar-refractivity contribution in [3.8, 4) is 0 Å². The van der Waals surface area contributed by atoms with Gasteiger partial charge in [0.15, 0.2) is 0 Å². The van der Waals surface area contributed by atoms with Crippen LogP contribution in [-0.4, -0.2) is 42.8 Å². The standard InChI is InChI=1S/C14H30N2O/c1-4-5-6-7-8-14(3,12-15)16-9-10-17-11-13(16)2/h13H,4-12,15H2,1-3H3. The Balaban J connectivity index is 2.47. The van der Waals surface area contributed by atoms with Gasteiger partial charge in [0.1, 0.15) is 0 Å². The van der Waals surface area contributed by atoms with Crippen molar-refractivity contribution < 1.29 is 4.74 Å². The maximum Gasteiger partial charge on any atom is 0.0620 e. The highest BCUT2D eigenvalue weighted by molar-refractivity contribution is 4.91. The molecule has 2 atom stereocenters. The van der Waals surface area contributed by atoms with Crippen LogP contribution >= 0.6 is 0 Å². The van der Waals surface area contributed by atoms with Crippen LogP contribution in [0, 0.1) is 0 Å². The summed E-state index contributed by atoms with van der Waals surface area (Å²) in [5.74, 6) is 0. The largest absolute Gasteiger partial charge is 0.379 e. The molecular weight excluding hydrogens is 212 g/mol. The first-order chi connectivity index (χ1) is 8.14. The molecular formula is C14H30N2O. The minimum atomic E-state index is 0.164. The molecule has 0 amide bonds. The molecule has 1 fully saturated rings. The first kappa shape index (κ1) is 14.9. The maximum absolute atomic E-state index is 6.03. The zero-order valence-electron chi connectivity index (χ0n) is 11.9. The first-order valence-electron chi connectivity index (χ1n) is 7.18. The van der Waals surface area contributed by atoms with Crippen molar-refractivity contribution in [3.63, 3.8) is 0 Å². The molecule has 1 aliphatic heterocycles. The lowest BCUT2D eigenvalue weighted by atomic mass is 9.90.